The van der Waals surface area contributed by atoms with Crippen molar-refractivity contribution in [3.8, 4) is 5.75 Å². The van der Waals surface area contributed by atoms with Crippen LogP contribution in [0.15, 0.2) is 54.9 Å². The molecule has 6 heteroatoms. The number of amides is 2. The third-order valence-corrected chi connectivity index (χ3v) is 4.35. The average Bonchev–Trinajstić information content (AvgIpc) is 3.07. The summed E-state index contributed by atoms with van der Waals surface area (Å²) in [5.74, 6) is 1.24. The van der Waals surface area contributed by atoms with E-state index in [0.29, 0.717) is 19.7 Å². The van der Waals surface area contributed by atoms with Crippen molar-refractivity contribution in [2.24, 2.45) is 5.92 Å². The van der Waals surface area contributed by atoms with E-state index in [9.17, 15) is 4.79 Å². The number of para-hydroxylation sites is 1. The number of imidazole rings is 1. The number of aromatic nitrogens is 2. The molecule has 0 aliphatic carbocycles. The number of carbonyl (C=O) groups excluding carboxylic acids is 1. The standard InChI is InChI=1S/C19H20N4O2/c24-19(21-11-16-12-23-8-4-3-7-18(23)22-16)20-10-14-9-15-5-1-2-6-17(15)25-13-14/h1-8,12,14H,9-11,13H2,(H2,20,21,24). The Balaban J connectivity index is 1.25. The Labute approximate surface area is 145 Å². The highest BCUT2D eigenvalue weighted by molar-refractivity contribution is 5.73. The summed E-state index contributed by atoms with van der Waals surface area (Å²) in [6.07, 6.45) is 4.78. The lowest BCUT2D eigenvalue weighted by Gasteiger charge is -2.25. The van der Waals surface area contributed by atoms with E-state index >= 15 is 0 Å². The largest absolute Gasteiger partial charge is 0.493 e. The van der Waals surface area contributed by atoms with E-state index in [1.165, 1.54) is 5.56 Å². The maximum absolute atomic E-state index is 12.0. The monoisotopic (exact) mass is 336 g/mol. The van der Waals surface area contributed by atoms with Gasteiger partial charge in [0.25, 0.3) is 0 Å². The van der Waals surface area contributed by atoms with Gasteiger partial charge in [0, 0.05) is 24.9 Å². The van der Waals surface area contributed by atoms with E-state index in [2.05, 4.69) is 21.7 Å². The first-order valence-electron chi connectivity index (χ1n) is 8.43. The molecule has 1 aromatic carbocycles. The van der Waals surface area contributed by atoms with Gasteiger partial charge in [-0.2, -0.15) is 0 Å². The number of hydrogen-bond acceptors (Lipinski definition) is 3. The minimum atomic E-state index is -0.184. The zero-order chi connectivity index (χ0) is 17.1. The molecule has 0 spiro atoms. The molecule has 1 aliphatic heterocycles. The molecule has 1 unspecified atom stereocenters. The van der Waals surface area contributed by atoms with Gasteiger partial charge >= 0.3 is 6.03 Å². The van der Waals surface area contributed by atoms with Gasteiger partial charge in [0.15, 0.2) is 0 Å². The van der Waals surface area contributed by atoms with E-state index in [1.807, 2.05) is 53.2 Å². The first-order chi connectivity index (χ1) is 12.3. The Morgan fingerprint density at radius 3 is 3.00 bits per heavy atom. The lowest BCUT2D eigenvalue weighted by atomic mass is 9.97. The smallest absolute Gasteiger partial charge is 0.315 e. The fraction of sp³-hybridized carbons (Fsp3) is 0.263. The Kier molecular flexibility index (Phi) is 4.24. The maximum Gasteiger partial charge on any atom is 0.315 e. The third-order valence-electron chi connectivity index (χ3n) is 4.35. The summed E-state index contributed by atoms with van der Waals surface area (Å²) in [5, 5.41) is 5.77. The molecular formula is C19H20N4O2. The Morgan fingerprint density at radius 2 is 2.08 bits per heavy atom. The van der Waals surface area contributed by atoms with Crippen LogP contribution < -0.4 is 15.4 Å². The Hall–Kier alpha value is -3.02. The number of nitrogens with one attached hydrogen (secondary N) is 2. The van der Waals surface area contributed by atoms with Crippen LogP contribution in [0.5, 0.6) is 5.75 Å². The minimum Gasteiger partial charge on any atom is -0.493 e. The van der Waals surface area contributed by atoms with Gasteiger partial charge in [0.1, 0.15) is 11.4 Å². The first-order valence-corrected chi connectivity index (χ1v) is 8.43. The van der Waals surface area contributed by atoms with Gasteiger partial charge in [-0.1, -0.05) is 24.3 Å². The van der Waals surface area contributed by atoms with Crippen LogP contribution in [0, 0.1) is 5.92 Å². The molecule has 3 aromatic rings. The molecule has 128 valence electrons. The third kappa shape index (κ3) is 3.57. The lowest BCUT2D eigenvalue weighted by Crippen LogP contribution is -2.40. The summed E-state index contributed by atoms with van der Waals surface area (Å²) in [6.45, 7) is 1.62. The van der Waals surface area contributed by atoms with E-state index in [4.69, 9.17) is 4.74 Å². The number of pyridine rings is 1. The second-order valence-corrected chi connectivity index (χ2v) is 6.25. The van der Waals surface area contributed by atoms with Crippen LogP contribution in [0.25, 0.3) is 5.65 Å². The molecule has 2 N–H and O–H groups in total. The number of benzene rings is 1. The molecule has 25 heavy (non-hydrogen) atoms. The van der Waals surface area contributed by atoms with Crippen molar-refractivity contribution in [1.29, 1.82) is 0 Å². The summed E-state index contributed by atoms with van der Waals surface area (Å²) in [6, 6.07) is 13.7. The van der Waals surface area contributed by atoms with Gasteiger partial charge in [0.05, 0.1) is 18.8 Å². The Bertz CT molecular complexity index is 857. The molecular weight excluding hydrogens is 316 g/mol. The predicted molar refractivity (Wildman–Crippen MR) is 94.6 cm³/mol. The van der Waals surface area contributed by atoms with Crippen LogP contribution in [0.1, 0.15) is 11.3 Å². The normalized spacial score (nSPS) is 16.1. The van der Waals surface area contributed by atoms with Crippen LogP contribution in [0.3, 0.4) is 0 Å². The van der Waals surface area contributed by atoms with Gasteiger partial charge in [-0.05, 0) is 30.2 Å². The molecule has 4 rings (SSSR count). The van der Waals surface area contributed by atoms with E-state index in [1.54, 1.807) is 0 Å². The number of rotatable bonds is 4. The molecule has 1 atom stereocenters. The number of hydrogen-bond donors (Lipinski definition) is 2. The molecule has 1 aliphatic rings. The van der Waals surface area contributed by atoms with Crippen LogP contribution in [0.4, 0.5) is 4.79 Å². The topological polar surface area (TPSA) is 67.7 Å². The van der Waals surface area contributed by atoms with E-state index in [0.717, 1.165) is 23.5 Å². The molecule has 2 amide bonds. The SMILES string of the molecule is O=C(NCc1cn2ccccc2n1)NCC1COc2ccccc2C1. The van der Waals surface area contributed by atoms with Crippen LogP contribution in [-0.4, -0.2) is 28.6 Å². The van der Waals surface area contributed by atoms with Crippen molar-refractivity contribution in [2.75, 3.05) is 13.2 Å². The van der Waals surface area contributed by atoms with Crippen molar-refractivity contribution in [2.45, 2.75) is 13.0 Å². The van der Waals surface area contributed by atoms with Crippen LogP contribution in [0.2, 0.25) is 0 Å². The van der Waals surface area contributed by atoms with Gasteiger partial charge < -0.3 is 19.8 Å². The number of carbonyl (C=O) groups is 1. The van der Waals surface area contributed by atoms with Crippen molar-refractivity contribution >= 4 is 11.7 Å². The predicted octanol–water partition coefficient (Wildman–Crippen LogP) is 2.38. The highest BCUT2D eigenvalue weighted by Crippen LogP contribution is 2.26. The fourth-order valence-corrected chi connectivity index (χ4v) is 3.06. The quantitative estimate of drug-likeness (QED) is 0.769. The summed E-state index contributed by atoms with van der Waals surface area (Å²) in [5.41, 5.74) is 2.90. The van der Waals surface area contributed by atoms with Crippen LogP contribution in [-0.2, 0) is 13.0 Å². The van der Waals surface area contributed by atoms with Crippen LogP contribution >= 0.6 is 0 Å². The summed E-state index contributed by atoms with van der Waals surface area (Å²) >= 11 is 0. The summed E-state index contributed by atoms with van der Waals surface area (Å²) in [7, 11) is 0. The molecule has 0 fully saturated rings. The highest BCUT2D eigenvalue weighted by Gasteiger charge is 2.19. The van der Waals surface area contributed by atoms with Crippen molar-refractivity contribution in [3.05, 3.63) is 66.1 Å². The zero-order valence-electron chi connectivity index (χ0n) is 13.8. The van der Waals surface area contributed by atoms with E-state index in [-0.39, 0.29) is 11.9 Å². The van der Waals surface area contributed by atoms with Crippen molar-refractivity contribution in [3.63, 3.8) is 0 Å². The van der Waals surface area contributed by atoms with Crippen molar-refractivity contribution < 1.29 is 9.53 Å². The van der Waals surface area contributed by atoms with Gasteiger partial charge in [-0.3, -0.25) is 0 Å². The average molecular weight is 336 g/mol. The minimum absolute atomic E-state index is 0.184. The zero-order valence-corrected chi connectivity index (χ0v) is 13.8. The van der Waals surface area contributed by atoms with Gasteiger partial charge in [-0.15, -0.1) is 0 Å². The Morgan fingerprint density at radius 1 is 1.20 bits per heavy atom. The van der Waals surface area contributed by atoms with Gasteiger partial charge in [0.2, 0.25) is 0 Å². The molecule has 0 saturated heterocycles. The lowest BCUT2D eigenvalue weighted by molar-refractivity contribution is 0.211. The molecule has 6 nitrogen and oxygen atoms in total. The molecule has 0 bridgehead atoms. The molecule has 2 aromatic heterocycles. The van der Waals surface area contributed by atoms with Gasteiger partial charge in [-0.25, -0.2) is 9.78 Å². The summed E-state index contributed by atoms with van der Waals surface area (Å²) < 4.78 is 7.68. The molecule has 3 heterocycles. The number of urea groups is 1. The number of nitrogens with zero attached hydrogens (tertiary/aromatic N) is 2. The second-order valence-electron chi connectivity index (χ2n) is 6.25. The second kappa shape index (κ2) is 6.84. The number of fused-ring (bicyclic) bond motifs is 2. The first kappa shape index (κ1) is 15.5. The van der Waals surface area contributed by atoms with E-state index < -0.39 is 0 Å². The molecule has 0 radical (unpaired) electrons. The maximum atomic E-state index is 12.0. The van der Waals surface area contributed by atoms with Crippen molar-refractivity contribution in [1.82, 2.24) is 20.0 Å². The highest BCUT2D eigenvalue weighted by atomic mass is 16.5. The summed E-state index contributed by atoms with van der Waals surface area (Å²) in [4.78, 5) is 16.5. The fourth-order valence-electron chi connectivity index (χ4n) is 3.06. The molecule has 0 saturated carbocycles. The number of ether oxygens (including phenoxy) is 1.